The Balaban J connectivity index is 1.78. The highest BCUT2D eigenvalue weighted by molar-refractivity contribution is 6.46. The van der Waals surface area contributed by atoms with Crippen molar-refractivity contribution in [3.63, 3.8) is 0 Å². The number of ketones is 1. The molecule has 0 aliphatic carbocycles. The molecule has 1 saturated heterocycles. The number of Topliss-reactive ketones (excluding diaryl/α,β-unsaturated/α-hetero) is 1. The van der Waals surface area contributed by atoms with Gasteiger partial charge in [0.25, 0.3) is 17.4 Å². The smallest absolute Gasteiger partial charge is 0.295 e. The van der Waals surface area contributed by atoms with Gasteiger partial charge in [-0.1, -0.05) is 30.3 Å². The summed E-state index contributed by atoms with van der Waals surface area (Å²) < 4.78 is 0. The van der Waals surface area contributed by atoms with E-state index in [1.165, 1.54) is 41.6 Å². The van der Waals surface area contributed by atoms with E-state index in [2.05, 4.69) is 4.98 Å². The minimum Gasteiger partial charge on any atom is -0.507 e. The van der Waals surface area contributed by atoms with Gasteiger partial charge in [0.15, 0.2) is 0 Å². The summed E-state index contributed by atoms with van der Waals surface area (Å²) in [6.45, 7) is 0.239. The molecule has 3 aromatic rings. The molecule has 8 heteroatoms. The average Bonchev–Trinajstić information content (AvgIpc) is 3.08. The normalized spacial score (nSPS) is 17.5. The third kappa shape index (κ3) is 3.98. The van der Waals surface area contributed by atoms with E-state index >= 15 is 0 Å². The van der Waals surface area contributed by atoms with Gasteiger partial charge in [0.05, 0.1) is 16.5 Å². The van der Waals surface area contributed by atoms with Crippen LogP contribution < -0.4 is 0 Å². The SMILES string of the molecule is O=C1C(=O)N(CCc2ccccc2)C(c2ccc([N+](=O)[O-])cc2)/C1=C(\O)c1ccncc1. The van der Waals surface area contributed by atoms with Gasteiger partial charge in [-0.3, -0.25) is 24.7 Å². The Morgan fingerprint density at radius 2 is 1.66 bits per heavy atom. The zero-order chi connectivity index (χ0) is 22.7. The largest absolute Gasteiger partial charge is 0.507 e. The Morgan fingerprint density at radius 1 is 1.00 bits per heavy atom. The summed E-state index contributed by atoms with van der Waals surface area (Å²) in [5, 5.41) is 22.0. The first kappa shape index (κ1) is 20.9. The van der Waals surface area contributed by atoms with E-state index in [-0.39, 0.29) is 23.6 Å². The molecule has 0 radical (unpaired) electrons. The molecule has 0 saturated carbocycles. The van der Waals surface area contributed by atoms with E-state index in [0.717, 1.165) is 5.56 Å². The van der Waals surface area contributed by atoms with Crippen molar-refractivity contribution in [1.29, 1.82) is 0 Å². The number of aromatic nitrogens is 1. The number of likely N-dealkylation sites (tertiary alicyclic amines) is 1. The third-order valence-electron chi connectivity index (χ3n) is 5.40. The number of benzene rings is 2. The summed E-state index contributed by atoms with van der Waals surface area (Å²) >= 11 is 0. The third-order valence-corrected chi connectivity index (χ3v) is 5.40. The Morgan fingerprint density at radius 3 is 2.28 bits per heavy atom. The summed E-state index contributed by atoms with van der Waals surface area (Å²) in [5.41, 5.74) is 1.68. The molecule has 1 unspecified atom stereocenters. The van der Waals surface area contributed by atoms with Crippen LogP contribution in [0.4, 0.5) is 5.69 Å². The quantitative estimate of drug-likeness (QED) is 0.210. The molecule has 1 aliphatic heterocycles. The summed E-state index contributed by atoms with van der Waals surface area (Å²) in [5.74, 6) is -1.83. The minimum absolute atomic E-state index is 0.0527. The fourth-order valence-electron chi connectivity index (χ4n) is 3.80. The molecule has 1 aliphatic rings. The molecule has 4 rings (SSSR count). The fourth-order valence-corrected chi connectivity index (χ4v) is 3.80. The predicted octanol–water partition coefficient (Wildman–Crippen LogP) is 3.65. The molecule has 1 aromatic heterocycles. The number of carbonyl (C=O) groups is 2. The van der Waals surface area contributed by atoms with Crippen LogP contribution in [0.2, 0.25) is 0 Å². The highest BCUT2D eigenvalue weighted by Gasteiger charge is 2.45. The van der Waals surface area contributed by atoms with Crippen LogP contribution in [-0.4, -0.2) is 38.1 Å². The standard InChI is InChI=1S/C24H19N3O5/c28-22(18-10-13-25-14-11-18)20-21(17-6-8-19(9-7-17)27(31)32)26(24(30)23(20)29)15-12-16-4-2-1-3-5-16/h1-11,13-14,21,28H,12,15H2/b22-20+. The second-order valence-corrected chi connectivity index (χ2v) is 7.31. The van der Waals surface area contributed by atoms with Gasteiger partial charge in [-0.2, -0.15) is 0 Å². The summed E-state index contributed by atoms with van der Waals surface area (Å²) in [4.78, 5) is 41.8. The number of amides is 1. The molecule has 32 heavy (non-hydrogen) atoms. The minimum atomic E-state index is -0.868. The first-order chi connectivity index (χ1) is 15.5. The number of hydrogen-bond acceptors (Lipinski definition) is 6. The van der Waals surface area contributed by atoms with Crippen molar-refractivity contribution in [2.24, 2.45) is 0 Å². The molecule has 1 amide bonds. The lowest BCUT2D eigenvalue weighted by molar-refractivity contribution is -0.384. The van der Waals surface area contributed by atoms with Crippen molar-refractivity contribution < 1.29 is 19.6 Å². The molecule has 1 fully saturated rings. The zero-order valence-electron chi connectivity index (χ0n) is 16.9. The van der Waals surface area contributed by atoms with Crippen LogP contribution in [0, 0.1) is 10.1 Å². The lowest BCUT2D eigenvalue weighted by Gasteiger charge is -2.25. The predicted molar refractivity (Wildman–Crippen MR) is 116 cm³/mol. The van der Waals surface area contributed by atoms with E-state index in [1.54, 1.807) is 12.1 Å². The van der Waals surface area contributed by atoms with Crippen molar-refractivity contribution in [1.82, 2.24) is 9.88 Å². The summed E-state index contributed by atoms with van der Waals surface area (Å²) in [7, 11) is 0. The maximum Gasteiger partial charge on any atom is 0.295 e. The monoisotopic (exact) mass is 429 g/mol. The Labute approximate surface area is 183 Å². The van der Waals surface area contributed by atoms with E-state index in [1.807, 2.05) is 30.3 Å². The van der Waals surface area contributed by atoms with E-state index < -0.39 is 22.7 Å². The van der Waals surface area contributed by atoms with Crippen LogP contribution in [0.25, 0.3) is 5.76 Å². The number of pyridine rings is 1. The lowest BCUT2D eigenvalue weighted by atomic mass is 9.95. The molecule has 8 nitrogen and oxygen atoms in total. The van der Waals surface area contributed by atoms with E-state index in [9.17, 15) is 24.8 Å². The molecule has 160 valence electrons. The average molecular weight is 429 g/mol. The Hall–Kier alpha value is -4.33. The van der Waals surface area contributed by atoms with Crippen molar-refractivity contribution in [2.75, 3.05) is 6.54 Å². The number of nitro groups is 1. The Kier molecular flexibility index (Phi) is 5.76. The summed E-state index contributed by atoms with van der Waals surface area (Å²) in [6, 6.07) is 17.4. The van der Waals surface area contributed by atoms with Gasteiger partial charge >= 0.3 is 0 Å². The molecule has 2 heterocycles. The van der Waals surface area contributed by atoms with Crippen molar-refractivity contribution in [2.45, 2.75) is 12.5 Å². The number of carbonyl (C=O) groups excluding carboxylic acids is 2. The van der Waals surface area contributed by atoms with Crippen molar-refractivity contribution in [3.05, 3.63) is 112 Å². The zero-order valence-corrected chi connectivity index (χ0v) is 16.9. The highest BCUT2D eigenvalue weighted by atomic mass is 16.6. The van der Waals surface area contributed by atoms with E-state index in [0.29, 0.717) is 17.5 Å². The summed E-state index contributed by atoms with van der Waals surface area (Å²) in [6.07, 6.45) is 3.45. The Bertz CT molecular complexity index is 1190. The highest BCUT2D eigenvalue weighted by Crippen LogP contribution is 2.39. The molecular weight excluding hydrogens is 410 g/mol. The van der Waals surface area contributed by atoms with Crippen LogP contribution in [0.15, 0.2) is 84.7 Å². The molecule has 0 spiro atoms. The number of non-ortho nitro benzene ring substituents is 1. The number of aliphatic hydroxyl groups is 1. The van der Waals surface area contributed by atoms with Gasteiger partial charge < -0.3 is 10.0 Å². The number of hydrogen-bond donors (Lipinski definition) is 1. The van der Waals surface area contributed by atoms with Gasteiger partial charge in [-0.25, -0.2) is 0 Å². The van der Waals surface area contributed by atoms with E-state index in [4.69, 9.17) is 0 Å². The first-order valence-electron chi connectivity index (χ1n) is 9.94. The maximum absolute atomic E-state index is 13.0. The van der Waals surface area contributed by atoms with Gasteiger partial charge in [0, 0.05) is 36.6 Å². The molecular formula is C24H19N3O5. The second kappa shape index (κ2) is 8.81. The van der Waals surface area contributed by atoms with Gasteiger partial charge in [-0.05, 0) is 41.8 Å². The maximum atomic E-state index is 13.0. The van der Waals surface area contributed by atoms with Crippen LogP contribution in [-0.2, 0) is 16.0 Å². The molecule has 1 N–H and O–H groups in total. The lowest BCUT2D eigenvalue weighted by Crippen LogP contribution is -2.31. The van der Waals surface area contributed by atoms with Crippen LogP contribution >= 0.6 is 0 Å². The number of nitrogens with zero attached hydrogens (tertiary/aromatic N) is 3. The first-order valence-corrected chi connectivity index (χ1v) is 9.94. The second-order valence-electron chi connectivity index (χ2n) is 7.31. The molecule has 1 atom stereocenters. The number of rotatable bonds is 6. The molecule has 2 aromatic carbocycles. The van der Waals surface area contributed by atoms with Gasteiger partial charge in [0.1, 0.15) is 5.76 Å². The van der Waals surface area contributed by atoms with Gasteiger partial charge in [0.2, 0.25) is 0 Å². The number of nitro benzene ring substituents is 1. The van der Waals surface area contributed by atoms with Crippen molar-refractivity contribution in [3.8, 4) is 0 Å². The van der Waals surface area contributed by atoms with Crippen LogP contribution in [0.1, 0.15) is 22.7 Å². The van der Waals surface area contributed by atoms with Crippen LogP contribution in [0.3, 0.4) is 0 Å². The number of aliphatic hydroxyl groups excluding tert-OH is 1. The fraction of sp³-hybridized carbons (Fsp3) is 0.125. The van der Waals surface area contributed by atoms with Crippen molar-refractivity contribution >= 4 is 23.1 Å². The van der Waals surface area contributed by atoms with Gasteiger partial charge in [-0.15, -0.1) is 0 Å². The molecule has 0 bridgehead atoms. The van der Waals surface area contributed by atoms with Crippen LogP contribution in [0.5, 0.6) is 0 Å². The topological polar surface area (TPSA) is 114 Å².